The van der Waals surface area contributed by atoms with E-state index in [0.29, 0.717) is 35.6 Å². The Hall–Kier alpha value is -3.13. The molecule has 0 spiro atoms. The summed E-state index contributed by atoms with van der Waals surface area (Å²) in [5.74, 6) is -0.0107. The third-order valence-electron chi connectivity index (χ3n) is 5.30. The van der Waals surface area contributed by atoms with Crippen molar-refractivity contribution >= 4 is 5.91 Å². The van der Waals surface area contributed by atoms with E-state index in [-0.39, 0.29) is 5.91 Å². The summed E-state index contributed by atoms with van der Waals surface area (Å²) >= 11 is 0. The lowest BCUT2D eigenvalue weighted by atomic mass is 10.0. The number of nitrogens with one attached hydrogen (secondary N) is 1. The Labute approximate surface area is 172 Å². The van der Waals surface area contributed by atoms with E-state index in [1.54, 1.807) is 18.2 Å². The zero-order valence-corrected chi connectivity index (χ0v) is 16.4. The number of amides is 1. The van der Waals surface area contributed by atoms with Crippen LogP contribution in [0.1, 0.15) is 15.9 Å². The molecule has 1 aliphatic rings. The predicted octanol–water partition coefficient (Wildman–Crippen LogP) is 4.15. The summed E-state index contributed by atoms with van der Waals surface area (Å²) < 4.78 is 38.3. The van der Waals surface area contributed by atoms with Gasteiger partial charge >= 0.3 is 6.18 Å². The third-order valence-corrected chi connectivity index (χ3v) is 5.30. The smallest absolute Gasteiger partial charge is 0.336 e. The van der Waals surface area contributed by atoms with E-state index < -0.39 is 11.7 Å². The molecule has 1 aliphatic heterocycles. The quantitative estimate of drug-likeness (QED) is 0.701. The number of H-pyrrole nitrogens is 1. The molecule has 0 unspecified atom stereocenters. The first-order chi connectivity index (χ1) is 14.3. The topological polar surface area (TPSA) is 52.2 Å². The Morgan fingerprint density at radius 1 is 0.967 bits per heavy atom. The van der Waals surface area contributed by atoms with Crippen LogP contribution in [0.4, 0.5) is 13.2 Å². The molecule has 2 aromatic carbocycles. The number of alkyl halides is 3. The molecule has 1 fully saturated rings. The molecule has 1 amide bonds. The van der Waals surface area contributed by atoms with Gasteiger partial charge in [-0.15, -0.1) is 0 Å². The summed E-state index contributed by atoms with van der Waals surface area (Å²) in [6.07, 6.45) is -4.37. The number of rotatable bonds is 3. The molecule has 0 aliphatic carbocycles. The first-order valence-electron chi connectivity index (χ1n) is 9.62. The fourth-order valence-corrected chi connectivity index (χ4v) is 3.46. The first kappa shape index (κ1) is 20.2. The molecule has 1 N–H and O–H groups in total. The first-order valence-corrected chi connectivity index (χ1v) is 9.62. The van der Waals surface area contributed by atoms with Gasteiger partial charge in [-0.05, 0) is 42.9 Å². The zero-order chi connectivity index (χ0) is 21.3. The number of carbonyl (C=O) groups excluding carboxylic acids is 1. The maximum atomic E-state index is 12.8. The summed E-state index contributed by atoms with van der Waals surface area (Å²) in [5.41, 5.74) is 2.50. The molecule has 2 heterocycles. The molecule has 0 bridgehead atoms. The van der Waals surface area contributed by atoms with E-state index >= 15 is 0 Å². The van der Waals surface area contributed by atoms with E-state index in [2.05, 4.69) is 15.1 Å². The van der Waals surface area contributed by atoms with Gasteiger partial charge in [-0.1, -0.05) is 24.3 Å². The molecule has 1 saturated heterocycles. The van der Waals surface area contributed by atoms with Gasteiger partial charge in [-0.25, -0.2) is 0 Å². The van der Waals surface area contributed by atoms with Crippen LogP contribution in [0.5, 0.6) is 0 Å². The minimum Gasteiger partial charge on any atom is -0.336 e. The average molecular weight is 414 g/mol. The standard InChI is InChI=1S/C22H21F3N4O/c1-28-9-11-29(12-10-28)21(30)17-4-2-3-16(13-17)20-14-19(26-27-20)15-5-7-18(8-6-15)22(23,24)25/h2-8,13-14H,9-12H2,1H3,(H,26,27). The molecule has 156 valence electrons. The van der Waals surface area contributed by atoms with Crippen molar-refractivity contribution in [3.8, 4) is 22.5 Å². The van der Waals surface area contributed by atoms with Crippen LogP contribution in [-0.2, 0) is 6.18 Å². The van der Waals surface area contributed by atoms with Crippen LogP contribution in [0.2, 0.25) is 0 Å². The minimum absolute atomic E-state index is 0.0107. The maximum absolute atomic E-state index is 12.8. The molecule has 0 saturated carbocycles. The molecule has 30 heavy (non-hydrogen) atoms. The normalized spacial score (nSPS) is 15.4. The third kappa shape index (κ3) is 4.23. The van der Waals surface area contributed by atoms with Gasteiger partial charge in [-0.3, -0.25) is 9.89 Å². The largest absolute Gasteiger partial charge is 0.416 e. The van der Waals surface area contributed by atoms with Crippen molar-refractivity contribution < 1.29 is 18.0 Å². The predicted molar refractivity (Wildman–Crippen MR) is 108 cm³/mol. The van der Waals surface area contributed by atoms with Crippen molar-refractivity contribution in [1.82, 2.24) is 20.0 Å². The van der Waals surface area contributed by atoms with Crippen LogP contribution in [0.25, 0.3) is 22.5 Å². The van der Waals surface area contributed by atoms with Gasteiger partial charge in [0.05, 0.1) is 17.0 Å². The Kier molecular flexibility index (Phi) is 5.34. The number of likely N-dealkylation sites (N-methyl/N-ethyl adjacent to an activating group) is 1. The molecular weight excluding hydrogens is 393 g/mol. The Bertz CT molecular complexity index is 1040. The van der Waals surface area contributed by atoms with Gasteiger partial charge in [0.1, 0.15) is 0 Å². The van der Waals surface area contributed by atoms with Crippen LogP contribution >= 0.6 is 0 Å². The number of carbonyl (C=O) groups is 1. The number of aromatic nitrogens is 2. The van der Waals surface area contributed by atoms with Crippen LogP contribution in [0.15, 0.2) is 54.6 Å². The van der Waals surface area contributed by atoms with Crippen LogP contribution in [0, 0.1) is 0 Å². The number of nitrogens with zero attached hydrogens (tertiary/aromatic N) is 3. The second-order valence-electron chi connectivity index (χ2n) is 7.42. The molecule has 0 radical (unpaired) electrons. The number of hydrogen-bond acceptors (Lipinski definition) is 3. The van der Waals surface area contributed by atoms with Gasteiger partial charge in [-0.2, -0.15) is 18.3 Å². The van der Waals surface area contributed by atoms with E-state index in [1.165, 1.54) is 12.1 Å². The number of benzene rings is 2. The summed E-state index contributed by atoms with van der Waals surface area (Å²) in [5, 5.41) is 7.14. The van der Waals surface area contributed by atoms with Crippen molar-refractivity contribution in [2.75, 3.05) is 33.2 Å². The van der Waals surface area contributed by atoms with Crippen LogP contribution < -0.4 is 0 Å². The molecule has 8 heteroatoms. The van der Waals surface area contributed by atoms with Crippen molar-refractivity contribution in [2.24, 2.45) is 0 Å². The van der Waals surface area contributed by atoms with Crippen LogP contribution in [-0.4, -0.2) is 59.1 Å². The summed E-state index contributed by atoms with van der Waals surface area (Å²) in [6, 6.07) is 13.9. The van der Waals surface area contributed by atoms with Gasteiger partial charge in [0.25, 0.3) is 5.91 Å². The van der Waals surface area contributed by atoms with Gasteiger partial charge < -0.3 is 9.80 Å². The molecule has 1 aromatic heterocycles. The maximum Gasteiger partial charge on any atom is 0.416 e. The van der Waals surface area contributed by atoms with Crippen molar-refractivity contribution in [1.29, 1.82) is 0 Å². The van der Waals surface area contributed by atoms with Crippen LogP contribution in [0.3, 0.4) is 0 Å². The van der Waals surface area contributed by atoms with Gasteiger partial charge in [0.15, 0.2) is 0 Å². The highest BCUT2D eigenvalue weighted by atomic mass is 19.4. The van der Waals surface area contributed by atoms with Crippen molar-refractivity contribution in [3.05, 3.63) is 65.7 Å². The van der Waals surface area contributed by atoms with E-state index in [1.807, 2.05) is 24.1 Å². The van der Waals surface area contributed by atoms with Crippen molar-refractivity contribution in [3.63, 3.8) is 0 Å². The monoisotopic (exact) mass is 414 g/mol. The number of aromatic amines is 1. The Morgan fingerprint density at radius 2 is 1.67 bits per heavy atom. The van der Waals surface area contributed by atoms with E-state index in [9.17, 15) is 18.0 Å². The molecular formula is C22H21F3N4O. The highest BCUT2D eigenvalue weighted by molar-refractivity contribution is 5.95. The van der Waals surface area contributed by atoms with E-state index in [0.717, 1.165) is 30.8 Å². The SMILES string of the molecule is CN1CCN(C(=O)c2cccc(-c3cc(-c4ccc(C(F)(F)F)cc4)[nH]n3)c2)CC1. The summed E-state index contributed by atoms with van der Waals surface area (Å²) in [4.78, 5) is 16.8. The highest BCUT2D eigenvalue weighted by Gasteiger charge is 2.30. The minimum atomic E-state index is -4.37. The van der Waals surface area contributed by atoms with Crippen molar-refractivity contribution in [2.45, 2.75) is 6.18 Å². The lowest BCUT2D eigenvalue weighted by Gasteiger charge is -2.32. The molecule has 4 rings (SSSR count). The highest BCUT2D eigenvalue weighted by Crippen LogP contribution is 2.31. The molecule has 3 aromatic rings. The number of hydrogen-bond donors (Lipinski definition) is 1. The fraction of sp³-hybridized carbons (Fsp3) is 0.273. The summed E-state index contributed by atoms with van der Waals surface area (Å²) in [7, 11) is 2.04. The Balaban J connectivity index is 1.54. The van der Waals surface area contributed by atoms with E-state index in [4.69, 9.17) is 0 Å². The number of halogens is 3. The molecule has 5 nitrogen and oxygen atoms in total. The Morgan fingerprint density at radius 3 is 2.33 bits per heavy atom. The average Bonchev–Trinajstić information content (AvgIpc) is 3.24. The summed E-state index contributed by atoms with van der Waals surface area (Å²) in [6.45, 7) is 3.09. The number of piperazine rings is 1. The zero-order valence-electron chi connectivity index (χ0n) is 16.4. The molecule has 0 atom stereocenters. The lowest BCUT2D eigenvalue weighted by Crippen LogP contribution is -2.47. The lowest BCUT2D eigenvalue weighted by molar-refractivity contribution is -0.137. The second kappa shape index (κ2) is 7.95. The van der Waals surface area contributed by atoms with Gasteiger partial charge in [0.2, 0.25) is 0 Å². The fourth-order valence-electron chi connectivity index (χ4n) is 3.46. The second-order valence-corrected chi connectivity index (χ2v) is 7.42. The van der Waals surface area contributed by atoms with Gasteiger partial charge in [0, 0.05) is 37.3 Å².